The van der Waals surface area contributed by atoms with E-state index < -0.39 is 40.4 Å². The van der Waals surface area contributed by atoms with Crippen LogP contribution in [0.3, 0.4) is 0 Å². The number of ether oxygens (including phenoxy) is 1. The van der Waals surface area contributed by atoms with Crippen molar-refractivity contribution >= 4 is 29.0 Å². The van der Waals surface area contributed by atoms with E-state index in [1.807, 2.05) is 0 Å². The van der Waals surface area contributed by atoms with Crippen molar-refractivity contribution in [2.24, 2.45) is 5.41 Å². The summed E-state index contributed by atoms with van der Waals surface area (Å²) in [6, 6.07) is 2.82. The molecule has 0 unspecified atom stereocenters. The Morgan fingerprint density at radius 2 is 1.96 bits per heavy atom. The maximum Gasteiger partial charge on any atom is 0.427 e. The average molecular weight is 373 g/mol. The number of allylic oxidation sites excluding steroid dienone is 1. The molecule has 2 heterocycles. The Morgan fingerprint density at radius 1 is 1.28 bits per heavy atom. The Morgan fingerprint density at radius 3 is 2.52 bits per heavy atom. The summed E-state index contributed by atoms with van der Waals surface area (Å²) in [5, 5.41) is 3.25. The van der Waals surface area contributed by atoms with Gasteiger partial charge in [0.1, 0.15) is 5.76 Å². The van der Waals surface area contributed by atoms with E-state index >= 15 is 0 Å². The summed E-state index contributed by atoms with van der Waals surface area (Å²) in [5.74, 6) is -3.94. The molecule has 3 rings (SSSR count). The van der Waals surface area contributed by atoms with Gasteiger partial charge in [0.2, 0.25) is 0 Å². The number of nitrogens with one attached hydrogen (secondary N) is 1. The standard InChI is InChI=1S/C16H14F3NO4S/c1-14(2)6-8(21)11-9(7-14)24-13(23)15(11,16(17,18)19)20-12(22)10-4-3-5-25-10/h3-5H,6-7H2,1-2H3,(H,20,22)/t15-/m0/s1. The summed E-state index contributed by atoms with van der Waals surface area (Å²) < 4.78 is 46.5. The molecular weight excluding hydrogens is 359 g/mol. The largest absolute Gasteiger partial charge is 0.428 e. The van der Waals surface area contributed by atoms with Gasteiger partial charge in [0.25, 0.3) is 11.4 Å². The van der Waals surface area contributed by atoms with Gasteiger partial charge in [-0.2, -0.15) is 13.2 Å². The monoisotopic (exact) mass is 373 g/mol. The number of esters is 1. The molecule has 0 bridgehead atoms. The minimum atomic E-state index is -5.22. The van der Waals surface area contributed by atoms with Crippen molar-refractivity contribution in [1.29, 1.82) is 0 Å². The van der Waals surface area contributed by atoms with Gasteiger partial charge in [-0.3, -0.25) is 9.59 Å². The van der Waals surface area contributed by atoms with Crippen molar-refractivity contribution in [3.05, 3.63) is 33.7 Å². The molecule has 0 saturated carbocycles. The van der Waals surface area contributed by atoms with Gasteiger partial charge < -0.3 is 10.1 Å². The number of thiophene rings is 1. The highest BCUT2D eigenvalue weighted by Gasteiger charge is 2.71. The second-order valence-corrected chi connectivity index (χ2v) is 7.76. The molecule has 0 radical (unpaired) electrons. The molecule has 1 N–H and O–H groups in total. The number of rotatable bonds is 2. The number of carbonyl (C=O) groups excluding carboxylic acids is 3. The third-order valence-corrected chi connectivity index (χ3v) is 5.07. The smallest absolute Gasteiger partial charge is 0.427 e. The van der Waals surface area contributed by atoms with Gasteiger partial charge in [0.15, 0.2) is 5.78 Å². The number of Topliss-reactive ketones (excluding diaryl/α,β-unsaturated/α-hetero) is 1. The fourth-order valence-electron chi connectivity index (χ4n) is 3.14. The predicted molar refractivity (Wildman–Crippen MR) is 81.7 cm³/mol. The number of ketones is 1. The van der Waals surface area contributed by atoms with Gasteiger partial charge in [-0.25, -0.2) is 4.79 Å². The molecule has 1 atom stereocenters. The topological polar surface area (TPSA) is 72.5 Å². The Hall–Kier alpha value is -2.16. The normalized spacial score (nSPS) is 25.6. The summed E-state index contributed by atoms with van der Waals surface area (Å²) in [7, 11) is 0. The quantitative estimate of drug-likeness (QED) is 0.809. The number of alkyl halides is 3. The van der Waals surface area contributed by atoms with Gasteiger partial charge in [-0.15, -0.1) is 11.3 Å². The summed E-state index contributed by atoms with van der Waals surface area (Å²) in [6.07, 6.45) is -5.38. The molecular formula is C16H14F3NO4S. The van der Waals surface area contributed by atoms with Crippen molar-refractivity contribution in [3.8, 4) is 0 Å². The predicted octanol–water partition coefficient (Wildman–Crippen LogP) is 2.98. The Bertz CT molecular complexity index is 795. The number of hydrogen-bond acceptors (Lipinski definition) is 5. The average Bonchev–Trinajstić information content (AvgIpc) is 3.04. The molecule has 25 heavy (non-hydrogen) atoms. The van der Waals surface area contributed by atoms with Crippen LogP contribution in [0.2, 0.25) is 0 Å². The molecule has 2 aliphatic rings. The fraction of sp³-hybridized carbons (Fsp3) is 0.438. The van der Waals surface area contributed by atoms with Crippen molar-refractivity contribution in [2.75, 3.05) is 0 Å². The number of amides is 1. The van der Waals surface area contributed by atoms with Crippen LogP contribution in [0, 0.1) is 5.41 Å². The van der Waals surface area contributed by atoms with Crippen molar-refractivity contribution < 1.29 is 32.3 Å². The van der Waals surface area contributed by atoms with Crippen LogP contribution in [0.4, 0.5) is 13.2 Å². The molecule has 0 saturated heterocycles. The minimum absolute atomic E-state index is 0.00550. The lowest BCUT2D eigenvalue weighted by Crippen LogP contribution is -2.64. The van der Waals surface area contributed by atoms with Crippen LogP contribution in [0.1, 0.15) is 36.4 Å². The summed E-state index contributed by atoms with van der Waals surface area (Å²) in [5.41, 5.74) is -4.89. The van der Waals surface area contributed by atoms with Crippen LogP contribution >= 0.6 is 11.3 Å². The molecule has 1 aromatic rings. The summed E-state index contributed by atoms with van der Waals surface area (Å²) >= 11 is 0.922. The van der Waals surface area contributed by atoms with Gasteiger partial charge in [0, 0.05) is 12.8 Å². The first-order valence-corrected chi connectivity index (χ1v) is 8.28. The van der Waals surface area contributed by atoms with Crippen molar-refractivity contribution in [1.82, 2.24) is 5.32 Å². The Kier molecular flexibility index (Phi) is 3.83. The first-order chi connectivity index (χ1) is 11.5. The van der Waals surface area contributed by atoms with Crippen LogP contribution in [0.25, 0.3) is 0 Å². The van der Waals surface area contributed by atoms with E-state index in [0.717, 1.165) is 11.3 Å². The van der Waals surface area contributed by atoms with Gasteiger partial charge in [-0.05, 0) is 16.9 Å². The highest BCUT2D eigenvalue weighted by atomic mass is 32.1. The molecule has 134 valence electrons. The SMILES string of the molecule is CC1(C)CC(=O)C2=C(C1)OC(=O)[C@]2(NC(=O)c1cccs1)C(F)(F)F. The Labute approximate surface area is 144 Å². The first-order valence-electron chi connectivity index (χ1n) is 7.40. The number of carbonyl (C=O) groups is 3. The maximum absolute atomic E-state index is 13.9. The van der Waals surface area contributed by atoms with Crippen molar-refractivity contribution in [3.63, 3.8) is 0 Å². The lowest BCUT2D eigenvalue weighted by Gasteiger charge is -2.34. The van der Waals surface area contributed by atoms with Gasteiger partial charge in [0.05, 0.1) is 10.5 Å². The highest BCUT2D eigenvalue weighted by molar-refractivity contribution is 7.12. The van der Waals surface area contributed by atoms with Crippen LogP contribution in [-0.2, 0) is 14.3 Å². The molecule has 0 fully saturated rings. The van der Waals surface area contributed by atoms with E-state index in [4.69, 9.17) is 4.74 Å². The molecule has 5 nitrogen and oxygen atoms in total. The molecule has 1 amide bonds. The van der Waals surface area contributed by atoms with E-state index in [0.29, 0.717) is 0 Å². The molecule has 1 aliphatic carbocycles. The second-order valence-electron chi connectivity index (χ2n) is 6.81. The minimum Gasteiger partial charge on any atom is -0.428 e. The van der Waals surface area contributed by atoms with E-state index in [1.54, 1.807) is 19.2 Å². The fourth-order valence-corrected chi connectivity index (χ4v) is 3.76. The molecule has 0 aromatic carbocycles. The molecule has 0 spiro atoms. The second kappa shape index (κ2) is 5.42. The van der Waals surface area contributed by atoms with Gasteiger partial charge in [-0.1, -0.05) is 19.9 Å². The van der Waals surface area contributed by atoms with E-state index in [9.17, 15) is 27.6 Å². The molecule has 1 aromatic heterocycles. The zero-order chi connectivity index (χ0) is 18.6. The van der Waals surface area contributed by atoms with Crippen LogP contribution in [0.15, 0.2) is 28.8 Å². The summed E-state index contributed by atoms with van der Waals surface area (Å²) in [4.78, 5) is 36.9. The van der Waals surface area contributed by atoms with E-state index in [-0.39, 0.29) is 23.5 Å². The lowest BCUT2D eigenvalue weighted by molar-refractivity contribution is -0.195. The van der Waals surface area contributed by atoms with Gasteiger partial charge >= 0.3 is 12.1 Å². The molecule has 9 heteroatoms. The van der Waals surface area contributed by atoms with E-state index in [2.05, 4.69) is 0 Å². The van der Waals surface area contributed by atoms with Crippen LogP contribution in [0.5, 0.6) is 0 Å². The number of hydrogen-bond donors (Lipinski definition) is 1. The summed E-state index contributed by atoms with van der Waals surface area (Å²) in [6.45, 7) is 3.39. The third-order valence-electron chi connectivity index (χ3n) is 4.20. The number of halogens is 3. The van der Waals surface area contributed by atoms with E-state index in [1.165, 1.54) is 17.5 Å². The zero-order valence-electron chi connectivity index (χ0n) is 13.3. The van der Waals surface area contributed by atoms with Crippen LogP contribution < -0.4 is 5.32 Å². The maximum atomic E-state index is 13.9. The van der Waals surface area contributed by atoms with Crippen LogP contribution in [-0.4, -0.2) is 29.4 Å². The lowest BCUT2D eigenvalue weighted by atomic mass is 9.72. The Balaban J connectivity index is 2.12. The van der Waals surface area contributed by atoms with Crippen molar-refractivity contribution in [2.45, 2.75) is 38.4 Å². The molecule has 1 aliphatic heterocycles. The first kappa shape index (κ1) is 17.7. The third kappa shape index (κ3) is 2.66. The highest BCUT2D eigenvalue weighted by Crippen LogP contribution is 2.50. The zero-order valence-corrected chi connectivity index (χ0v) is 14.1.